The van der Waals surface area contributed by atoms with Crippen LogP contribution in [0.25, 0.3) is 0 Å². The molecule has 2 unspecified atom stereocenters. The van der Waals surface area contributed by atoms with Gasteiger partial charge in [0.15, 0.2) is 0 Å². The molecule has 2 saturated heterocycles. The quantitative estimate of drug-likeness (QED) is 0.787. The van der Waals surface area contributed by atoms with E-state index < -0.39 is 0 Å². The lowest BCUT2D eigenvalue weighted by atomic mass is 9.84. The van der Waals surface area contributed by atoms with Crippen molar-refractivity contribution in [2.75, 3.05) is 39.4 Å². The Bertz CT molecular complexity index is 239. The maximum atomic E-state index is 5.70. The Hall–Kier alpha value is -0.120. The van der Waals surface area contributed by atoms with Crippen molar-refractivity contribution in [1.82, 2.24) is 10.2 Å². The van der Waals surface area contributed by atoms with Crippen molar-refractivity contribution in [2.45, 2.75) is 52.0 Å². The fourth-order valence-electron chi connectivity index (χ4n) is 3.52. The third-order valence-electron chi connectivity index (χ3n) is 4.69. The van der Waals surface area contributed by atoms with Crippen molar-refractivity contribution >= 4 is 0 Å². The average molecular weight is 254 g/mol. The van der Waals surface area contributed by atoms with Crippen LogP contribution in [0.2, 0.25) is 0 Å². The number of nitrogens with zero attached hydrogens (tertiary/aromatic N) is 1. The van der Waals surface area contributed by atoms with E-state index in [-0.39, 0.29) is 0 Å². The second-order valence-corrected chi connectivity index (χ2v) is 6.11. The molecule has 0 aromatic heterocycles. The van der Waals surface area contributed by atoms with E-state index in [1.165, 1.54) is 45.2 Å². The van der Waals surface area contributed by atoms with Gasteiger partial charge in [-0.15, -0.1) is 0 Å². The van der Waals surface area contributed by atoms with Gasteiger partial charge in [0.2, 0.25) is 0 Å². The molecule has 0 aromatic carbocycles. The molecule has 0 saturated carbocycles. The van der Waals surface area contributed by atoms with Crippen molar-refractivity contribution in [3.63, 3.8) is 0 Å². The zero-order valence-corrected chi connectivity index (χ0v) is 12.2. The van der Waals surface area contributed by atoms with Gasteiger partial charge >= 0.3 is 0 Å². The van der Waals surface area contributed by atoms with E-state index in [1.54, 1.807) is 0 Å². The highest BCUT2D eigenvalue weighted by atomic mass is 16.5. The first kappa shape index (κ1) is 14.3. The van der Waals surface area contributed by atoms with E-state index in [1.807, 2.05) is 0 Å². The summed E-state index contributed by atoms with van der Waals surface area (Å²) in [6.07, 6.45) is 6.74. The van der Waals surface area contributed by atoms with Gasteiger partial charge in [0.25, 0.3) is 0 Å². The predicted octanol–water partition coefficient (Wildman–Crippen LogP) is 2.27. The Morgan fingerprint density at radius 1 is 1.33 bits per heavy atom. The molecule has 1 N–H and O–H groups in total. The summed E-state index contributed by atoms with van der Waals surface area (Å²) in [5.74, 6) is 0. The molecule has 0 radical (unpaired) electrons. The number of hydrogen-bond donors (Lipinski definition) is 1. The third kappa shape index (κ3) is 3.46. The predicted molar refractivity (Wildman–Crippen MR) is 75.9 cm³/mol. The van der Waals surface area contributed by atoms with Crippen LogP contribution in [-0.4, -0.2) is 50.3 Å². The van der Waals surface area contributed by atoms with Gasteiger partial charge < -0.3 is 10.1 Å². The number of rotatable bonds is 6. The molecule has 2 aliphatic rings. The third-order valence-corrected chi connectivity index (χ3v) is 4.69. The molecule has 18 heavy (non-hydrogen) atoms. The largest absolute Gasteiger partial charge is 0.381 e. The lowest BCUT2D eigenvalue weighted by Gasteiger charge is -2.41. The molecule has 2 aliphatic heterocycles. The molecule has 0 amide bonds. The number of ether oxygens (including phenoxy) is 1. The molecular weight excluding hydrogens is 224 g/mol. The molecule has 2 atom stereocenters. The van der Waals surface area contributed by atoms with Crippen LogP contribution in [0.15, 0.2) is 0 Å². The van der Waals surface area contributed by atoms with E-state index in [0.717, 1.165) is 32.3 Å². The number of hydrogen-bond acceptors (Lipinski definition) is 3. The molecule has 0 spiro atoms. The van der Waals surface area contributed by atoms with Crippen molar-refractivity contribution in [3.8, 4) is 0 Å². The van der Waals surface area contributed by atoms with E-state index in [4.69, 9.17) is 4.74 Å². The standard InChI is InChI=1S/C15H30N2O/c1-3-14-7-5-6-9-17(14)12-15(11-16-4-2)8-10-18-13-15/h14,16H,3-13H2,1-2H3. The van der Waals surface area contributed by atoms with Crippen LogP contribution in [0, 0.1) is 5.41 Å². The minimum atomic E-state index is 0.376. The fourth-order valence-corrected chi connectivity index (χ4v) is 3.52. The van der Waals surface area contributed by atoms with E-state index in [2.05, 4.69) is 24.1 Å². The summed E-state index contributed by atoms with van der Waals surface area (Å²) >= 11 is 0. The van der Waals surface area contributed by atoms with Crippen LogP contribution >= 0.6 is 0 Å². The zero-order chi connectivity index (χ0) is 12.8. The van der Waals surface area contributed by atoms with Crippen LogP contribution in [0.3, 0.4) is 0 Å². The van der Waals surface area contributed by atoms with Crippen molar-refractivity contribution in [2.24, 2.45) is 5.41 Å². The molecule has 0 aliphatic carbocycles. The van der Waals surface area contributed by atoms with Gasteiger partial charge in [0.1, 0.15) is 0 Å². The van der Waals surface area contributed by atoms with Gasteiger partial charge in [-0.25, -0.2) is 0 Å². The second kappa shape index (κ2) is 6.88. The van der Waals surface area contributed by atoms with Crippen LogP contribution in [0.4, 0.5) is 0 Å². The monoisotopic (exact) mass is 254 g/mol. The normalized spacial score (nSPS) is 34.0. The first-order chi connectivity index (χ1) is 8.79. The van der Waals surface area contributed by atoms with Crippen LogP contribution in [0.5, 0.6) is 0 Å². The zero-order valence-electron chi connectivity index (χ0n) is 12.2. The summed E-state index contributed by atoms with van der Waals surface area (Å²) in [5, 5.41) is 3.55. The summed E-state index contributed by atoms with van der Waals surface area (Å²) in [6, 6.07) is 0.817. The van der Waals surface area contributed by atoms with E-state index in [0.29, 0.717) is 5.41 Å². The summed E-state index contributed by atoms with van der Waals surface area (Å²) in [7, 11) is 0. The van der Waals surface area contributed by atoms with Gasteiger partial charge in [0.05, 0.1) is 6.61 Å². The Labute approximate surface area is 112 Å². The SMILES string of the molecule is CCNCC1(CN2CCCCC2CC)CCOC1. The molecule has 2 rings (SSSR count). The first-order valence-corrected chi connectivity index (χ1v) is 7.82. The van der Waals surface area contributed by atoms with Gasteiger partial charge in [-0.05, 0) is 38.8 Å². The Morgan fingerprint density at radius 3 is 2.89 bits per heavy atom. The molecular formula is C15H30N2O. The smallest absolute Gasteiger partial charge is 0.0547 e. The van der Waals surface area contributed by atoms with Gasteiger partial charge in [-0.2, -0.15) is 0 Å². The fraction of sp³-hybridized carbons (Fsp3) is 1.00. The van der Waals surface area contributed by atoms with Crippen molar-refractivity contribution in [3.05, 3.63) is 0 Å². The average Bonchev–Trinajstić information content (AvgIpc) is 2.86. The minimum absolute atomic E-state index is 0.376. The topological polar surface area (TPSA) is 24.5 Å². The van der Waals surface area contributed by atoms with Crippen LogP contribution < -0.4 is 5.32 Å². The summed E-state index contributed by atoms with van der Waals surface area (Å²) in [5.41, 5.74) is 0.376. The summed E-state index contributed by atoms with van der Waals surface area (Å²) in [4.78, 5) is 2.75. The maximum Gasteiger partial charge on any atom is 0.0547 e. The molecule has 2 fully saturated rings. The molecule has 0 bridgehead atoms. The van der Waals surface area contributed by atoms with Crippen LogP contribution in [-0.2, 0) is 4.74 Å². The Balaban J connectivity index is 1.94. The molecule has 3 nitrogen and oxygen atoms in total. The molecule has 0 aromatic rings. The minimum Gasteiger partial charge on any atom is -0.381 e. The van der Waals surface area contributed by atoms with Gasteiger partial charge in [-0.1, -0.05) is 20.3 Å². The number of likely N-dealkylation sites (tertiary alicyclic amines) is 1. The lowest BCUT2D eigenvalue weighted by molar-refractivity contribution is 0.0644. The maximum absolute atomic E-state index is 5.70. The van der Waals surface area contributed by atoms with Crippen molar-refractivity contribution < 1.29 is 4.74 Å². The number of piperidine rings is 1. The summed E-state index contributed by atoms with van der Waals surface area (Å²) < 4.78 is 5.70. The highest BCUT2D eigenvalue weighted by molar-refractivity contribution is 4.91. The molecule has 3 heteroatoms. The highest BCUT2D eigenvalue weighted by Crippen LogP contribution is 2.32. The Morgan fingerprint density at radius 2 is 2.22 bits per heavy atom. The van der Waals surface area contributed by atoms with Crippen molar-refractivity contribution in [1.29, 1.82) is 0 Å². The molecule has 106 valence electrons. The highest BCUT2D eigenvalue weighted by Gasteiger charge is 2.38. The molecule has 2 heterocycles. The lowest BCUT2D eigenvalue weighted by Crippen LogP contribution is -2.49. The van der Waals surface area contributed by atoms with E-state index in [9.17, 15) is 0 Å². The van der Waals surface area contributed by atoms with Gasteiger partial charge in [0, 0.05) is 31.2 Å². The van der Waals surface area contributed by atoms with Crippen LogP contribution in [0.1, 0.15) is 46.0 Å². The summed E-state index contributed by atoms with van der Waals surface area (Å²) in [6.45, 7) is 11.2. The first-order valence-electron chi connectivity index (χ1n) is 7.82. The second-order valence-electron chi connectivity index (χ2n) is 6.11. The van der Waals surface area contributed by atoms with Gasteiger partial charge in [-0.3, -0.25) is 4.90 Å². The van der Waals surface area contributed by atoms with E-state index >= 15 is 0 Å². The Kier molecular flexibility index (Phi) is 5.46. The number of nitrogens with one attached hydrogen (secondary N) is 1.